The third-order valence-corrected chi connectivity index (χ3v) is 3.16. The molecule has 1 aromatic heterocycles. The van der Waals surface area contributed by atoms with E-state index in [0.717, 1.165) is 11.1 Å². The highest BCUT2D eigenvalue weighted by Gasteiger charge is 2.25. The van der Waals surface area contributed by atoms with Gasteiger partial charge in [-0.2, -0.15) is 0 Å². The summed E-state index contributed by atoms with van der Waals surface area (Å²) in [5.74, 6) is -0.657. The second-order valence-electron chi connectivity index (χ2n) is 5.24. The van der Waals surface area contributed by atoms with Crippen molar-refractivity contribution < 1.29 is 19.2 Å². The van der Waals surface area contributed by atoms with Crippen LogP contribution in [0.3, 0.4) is 0 Å². The number of methoxy groups -OCH3 is 1. The number of aromatic carboxylic acids is 1. The van der Waals surface area contributed by atoms with Crippen molar-refractivity contribution in [3.8, 4) is 11.3 Å². The van der Waals surface area contributed by atoms with Gasteiger partial charge in [-0.15, -0.1) is 0 Å². The first-order valence-corrected chi connectivity index (χ1v) is 6.24. The summed E-state index contributed by atoms with van der Waals surface area (Å²) < 4.78 is 10.4. The van der Waals surface area contributed by atoms with E-state index >= 15 is 0 Å². The van der Waals surface area contributed by atoms with Crippen LogP contribution in [0.2, 0.25) is 0 Å². The second-order valence-corrected chi connectivity index (χ2v) is 5.24. The molecule has 2 aromatic rings. The lowest BCUT2D eigenvalue weighted by molar-refractivity contribution is 0.0686. The molecule has 5 heteroatoms. The Morgan fingerprint density at radius 1 is 1.40 bits per heavy atom. The third kappa shape index (κ3) is 2.72. The van der Waals surface area contributed by atoms with E-state index in [2.05, 4.69) is 19.0 Å². The van der Waals surface area contributed by atoms with Crippen molar-refractivity contribution in [3.05, 3.63) is 41.6 Å². The summed E-state index contributed by atoms with van der Waals surface area (Å²) in [7, 11) is 1.65. The average molecular weight is 275 g/mol. The molecule has 0 bridgehead atoms. The van der Waals surface area contributed by atoms with E-state index in [-0.39, 0.29) is 11.1 Å². The summed E-state index contributed by atoms with van der Waals surface area (Å²) in [5.41, 5.74) is 1.53. The van der Waals surface area contributed by atoms with Crippen molar-refractivity contribution in [2.45, 2.75) is 19.3 Å². The molecule has 0 fully saturated rings. The summed E-state index contributed by atoms with van der Waals surface area (Å²) >= 11 is 0. The topological polar surface area (TPSA) is 72.6 Å². The molecule has 0 aliphatic heterocycles. The van der Waals surface area contributed by atoms with Gasteiger partial charge in [0.2, 0.25) is 0 Å². The van der Waals surface area contributed by atoms with Gasteiger partial charge in [-0.05, 0) is 5.56 Å². The van der Waals surface area contributed by atoms with Crippen molar-refractivity contribution >= 4 is 5.97 Å². The van der Waals surface area contributed by atoms with Gasteiger partial charge in [0.1, 0.15) is 0 Å². The fourth-order valence-electron chi connectivity index (χ4n) is 2.23. The van der Waals surface area contributed by atoms with Crippen molar-refractivity contribution in [2.75, 3.05) is 13.7 Å². The molecule has 5 nitrogen and oxygen atoms in total. The Kier molecular flexibility index (Phi) is 3.90. The van der Waals surface area contributed by atoms with Crippen LogP contribution in [0.4, 0.5) is 0 Å². The highest BCUT2D eigenvalue weighted by molar-refractivity contribution is 5.86. The third-order valence-electron chi connectivity index (χ3n) is 3.16. The summed E-state index contributed by atoms with van der Waals surface area (Å²) in [5, 5.41) is 12.5. The smallest absolute Gasteiger partial charge is 0.358 e. The van der Waals surface area contributed by atoms with Crippen LogP contribution in [0.15, 0.2) is 34.9 Å². The van der Waals surface area contributed by atoms with Crippen LogP contribution in [-0.2, 0) is 10.2 Å². The predicted molar refractivity (Wildman–Crippen MR) is 73.8 cm³/mol. The molecule has 1 N–H and O–H groups in total. The first kappa shape index (κ1) is 14.3. The number of carbonyl (C=O) groups is 1. The van der Waals surface area contributed by atoms with Gasteiger partial charge < -0.3 is 14.4 Å². The van der Waals surface area contributed by atoms with E-state index in [1.165, 1.54) is 6.07 Å². The molecule has 0 atom stereocenters. The molecule has 0 spiro atoms. The molecule has 0 aliphatic carbocycles. The quantitative estimate of drug-likeness (QED) is 0.908. The van der Waals surface area contributed by atoms with E-state index in [0.29, 0.717) is 12.4 Å². The molecule has 1 heterocycles. The van der Waals surface area contributed by atoms with Crippen LogP contribution in [0, 0.1) is 0 Å². The van der Waals surface area contributed by atoms with Crippen molar-refractivity contribution in [1.29, 1.82) is 0 Å². The zero-order chi connectivity index (χ0) is 14.8. The molecule has 0 radical (unpaired) electrons. The van der Waals surface area contributed by atoms with Crippen LogP contribution in [-0.4, -0.2) is 29.9 Å². The standard InChI is InChI=1S/C15H17NO4/c1-15(2,9-19-3)11-7-5-4-6-10(11)13-8-12(14(17)18)16-20-13/h4-8H,9H2,1-3H3,(H,17,18). The number of ether oxygens (including phenoxy) is 1. The molecule has 0 saturated heterocycles. The second kappa shape index (κ2) is 5.46. The van der Waals surface area contributed by atoms with Gasteiger partial charge in [-0.1, -0.05) is 43.3 Å². The van der Waals surface area contributed by atoms with E-state index in [1.807, 2.05) is 24.3 Å². The maximum Gasteiger partial charge on any atom is 0.358 e. The molecule has 0 amide bonds. The molecule has 20 heavy (non-hydrogen) atoms. The number of hydrogen-bond donors (Lipinski definition) is 1. The van der Waals surface area contributed by atoms with Gasteiger partial charge in [-0.3, -0.25) is 0 Å². The van der Waals surface area contributed by atoms with Gasteiger partial charge in [-0.25, -0.2) is 4.79 Å². The Balaban J connectivity index is 2.49. The molecular weight excluding hydrogens is 258 g/mol. The minimum Gasteiger partial charge on any atom is -0.476 e. The van der Waals surface area contributed by atoms with Gasteiger partial charge in [0.15, 0.2) is 11.5 Å². The van der Waals surface area contributed by atoms with Crippen LogP contribution < -0.4 is 0 Å². The molecule has 0 saturated carbocycles. The fourth-order valence-corrected chi connectivity index (χ4v) is 2.23. The Morgan fingerprint density at radius 3 is 2.70 bits per heavy atom. The first-order chi connectivity index (χ1) is 9.45. The maximum absolute atomic E-state index is 10.9. The summed E-state index contributed by atoms with van der Waals surface area (Å²) in [6.45, 7) is 4.66. The fraction of sp³-hybridized carbons (Fsp3) is 0.333. The Bertz CT molecular complexity index is 616. The molecule has 0 aliphatic rings. The first-order valence-electron chi connectivity index (χ1n) is 6.24. The zero-order valence-electron chi connectivity index (χ0n) is 11.7. The van der Waals surface area contributed by atoms with Crippen molar-refractivity contribution in [2.24, 2.45) is 0 Å². The molecule has 2 rings (SSSR count). The summed E-state index contributed by atoms with van der Waals surface area (Å²) in [4.78, 5) is 10.9. The minimum absolute atomic E-state index is 0.0978. The predicted octanol–water partition coefficient (Wildman–Crippen LogP) is 2.96. The summed E-state index contributed by atoms with van der Waals surface area (Å²) in [6, 6.07) is 9.12. The number of carboxylic acids is 1. The number of benzene rings is 1. The lowest BCUT2D eigenvalue weighted by atomic mass is 9.82. The Labute approximate surface area is 117 Å². The minimum atomic E-state index is -1.10. The molecule has 1 aromatic carbocycles. The van der Waals surface area contributed by atoms with Crippen LogP contribution >= 0.6 is 0 Å². The van der Waals surface area contributed by atoms with Crippen LogP contribution in [0.25, 0.3) is 11.3 Å². The maximum atomic E-state index is 10.9. The van der Waals surface area contributed by atoms with E-state index in [4.69, 9.17) is 14.4 Å². The number of nitrogens with zero attached hydrogens (tertiary/aromatic N) is 1. The lowest BCUT2D eigenvalue weighted by Gasteiger charge is -2.26. The number of hydrogen-bond acceptors (Lipinski definition) is 4. The van der Waals surface area contributed by atoms with Crippen molar-refractivity contribution in [1.82, 2.24) is 5.16 Å². The highest BCUT2D eigenvalue weighted by Crippen LogP contribution is 2.33. The monoisotopic (exact) mass is 275 g/mol. The van der Waals surface area contributed by atoms with Gasteiger partial charge in [0.05, 0.1) is 6.61 Å². The van der Waals surface area contributed by atoms with Crippen molar-refractivity contribution in [3.63, 3.8) is 0 Å². The van der Waals surface area contributed by atoms with E-state index < -0.39 is 5.97 Å². The zero-order valence-corrected chi connectivity index (χ0v) is 11.7. The van der Waals surface area contributed by atoms with Crippen LogP contribution in [0.5, 0.6) is 0 Å². The number of rotatable bonds is 5. The Morgan fingerprint density at radius 2 is 2.10 bits per heavy atom. The van der Waals surface area contributed by atoms with Gasteiger partial charge in [0, 0.05) is 24.2 Å². The Hall–Kier alpha value is -2.14. The van der Waals surface area contributed by atoms with Gasteiger partial charge >= 0.3 is 5.97 Å². The molecule has 106 valence electrons. The normalized spacial score (nSPS) is 11.6. The largest absolute Gasteiger partial charge is 0.476 e. The highest BCUT2D eigenvalue weighted by atomic mass is 16.5. The van der Waals surface area contributed by atoms with Gasteiger partial charge in [0.25, 0.3) is 0 Å². The average Bonchev–Trinajstić information content (AvgIpc) is 2.88. The SMILES string of the molecule is COCC(C)(C)c1ccccc1-c1cc(C(=O)O)no1. The molecule has 0 unspecified atom stereocenters. The van der Waals surface area contributed by atoms with E-state index in [9.17, 15) is 4.79 Å². The van der Waals surface area contributed by atoms with E-state index in [1.54, 1.807) is 7.11 Å². The number of carboxylic acid groups (broad SMARTS) is 1. The van der Waals surface area contributed by atoms with Crippen LogP contribution in [0.1, 0.15) is 29.9 Å². The molecular formula is C15H17NO4. The number of aromatic nitrogens is 1. The summed E-state index contributed by atoms with van der Waals surface area (Å²) in [6.07, 6.45) is 0. The lowest BCUT2D eigenvalue weighted by Crippen LogP contribution is -2.24.